The largest absolute Gasteiger partial charge is 0.383 e. The van der Waals surface area contributed by atoms with Crippen LogP contribution in [0.3, 0.4) is 0 Å². The first kappa shape index (κ1) is 7.30. The molecule has 0 amide bonds. The molecule has 0 aliphatic carbocycles. The summed E-state index contributed by atoms with van der Waals surface area (Å²) in [6.45, 7) is 0. The van der Waals surface area contributed by atoms with Crippen LogP contribution >= 0.6 is 11.3 Å². The van der Waals surface area contributed by atoms with Gasteiger partial charge in [-0.25, -0.2) is 9.97 Å². The number of anilines is 2. The predicted molar refractivity (Wildman–Crippen MR) is 51.4 cm³/mol. The normalized spacial score (nSPS) is 10.4. The number of hydrogen-bond donors (Lipinski definition) is 2. The molecule has 2 rings (SSSR count). The fraction of sp³-hybridized carbons (Fsp3) is 0.143. The van der Waals surface area contributed by atoms with Crippen molar-refractivity contribution in [3.05, 3.63) is 11.7 Å². The highest BCUT2D eigenvalue weighted by molar-refractivity contribution is 7.16. The third-order valence-corrected chi connectivity index (χ3v) is 2.64. The fourth-order valence-electron chi connectivity index (χ4n) is 1.06. The van der Waals surface area contributed by atoms with Gasteiger partial charge in [0, 0.05) is 12.4 Å². The number of fused-ring (bicyclic) bond motifs is 1. The number of nitrogens with zero attached hydrogens (tertiary/aromatic N) is 2. The van der Waals surface area contributed by atoms with Crippen LogP contribution in [-0.2, 0) is 0 Å². The first-order chi connectivity index (χ1) is 5.83. The van der Waals surface area contributed by atoms with Crippen molar-refractivity contribution in [3.63, 3.8) is 0 Å². The highest BCUT2D eigenvalue weighted by atomic mass is 32.1. The Bertz CT molecular complexity index is 409. The lowest BCUT2D eigenvalue weighted by Gasteiger charge is -1.95. The second kappa shape index (κ2) is 2.60. The van der Waals surface area contributed by atoms with Crippen molar-refractivity contribution in [2.24, 2.45) is 0 Å². The zero-order chi connectivity index (χ0) is 8.55. The smallest absolute Gasteiger partial charge is 0.135 e. The molecule has 3 N–H and O–H groups in total. The fourth-order valence-corrected chi connectivity index (χ4v) is 1.92. The molecule has 2 aromatic rings. The van der Waals surface area contributed by atoms with Crippen molar-refractivity contribution >= 4 is 33.1 Å². The van der Waals surface area contributed by atoms with Gasteiger partial charge in [0.15, 0.2) is 0 Å². The summed E-state index contributed by atoms with van der Waals surface area (Å²) in [7, 11) is 1.86. The molecule has 0 aromatic carbocycles. The third kappa shape index (κ3) is 0.902. The van der Waals surface area contributed by atoms with Gasteiger partial charge in [-0.1, -0.05) is 0 Å². The van der Waals surface area contributed by atoms with E-state index in [2.05, 4.69) is 15.3 Å². The van der Waals surface area contributed by atoms with Crippen LogP contribution in [0.2, 0.25) is 0 Å². The maximum absolute atomic E-state index is 5.65. The number of nitrogens with one attached hydrogen (secondary N) is 1. The van der Waals surface area contributed by atoms with Gasteiger partial charge in [-0.15, -0.1) is 11.3 Å². The third-order valence-electron chi connectivity index (χ3n) is 1.65. The molecule has 0 atom stereocenters. The van der Waals surface area contributed by atoms with E-state index in [-0.39, 0.29) is 0 Å². The molecule has 0 saturated carbocycles. The summed E-state index contributed by atoms with van der Waals surface area (Å²) < 4.78 is 0. The van der Waals surface area contributed by atoms with E-state index in [0.29, 0.717) is 5.82 Å². The summed E-state index contributed by atoms with van der Waals surface area (Å²) in [5, 5.41) is 6.95. The summed E-state index contributed by atoms with van der Waals surface area (Å²) in [6.07, 6.45) is 1.48. The summed E-state index contributed by atoms with van der Waals surface area (Å²) in [5.74, 6) is 0.540. The molecule has 12 heavy (non-hydrogen) atoms. The number of thiophene rings is 1. The topological polar surface area (TPSA) is 63.8 Å². The molecule has 2 aromatic heterocycles. The van der Waals surface area contributed by atoms with Crippen LogP contribution in [0.25, 0.3) is 10.9 Å². The van der Waals surface area contributed by atoms with Crippen molar-refractivity contribution in [2.45, 2.75) is 0 Å². The summed E-state index contributed by atoms with van der Waals surface area (Å²) in [4.78, 5) is 8.03. The molecule has 0 saturated heterocycles. The number of aromatic nitrogens is 2. The van der Waals surface area contributed by atoms with E-state index in [0.717, 1.165) is 15.9 Å². The van der Waals surface area contributed by atoms with Crippen molar-refractivity contribution in [3.8, 4) is 0 Å². The van der Waals surface area contributed by atoms with Gasteiger partial charge in [0.05, 0.1) is 5.39 Å². The zero-order valence-corrected chi connectivity index (χ0v) is 7.35. The van der Waals surface area contributed by atoms with Crippen LogP contribution in [0.5, 0.6) is 0 Å². The second-order valence-corrected chi connectivity index (χ2v) is 3.22. The molecule has 0 aliphatic rings. The first-order valence-electron chi connectivity index (χ1n) is 3.48. The lowest BCUT2D eigenvalue weighted by atomic mass is 10.3. The van der Waals surface area contributed by atoms with E-state index in [1.165, 1.54) is 6.33 Å². The summed E-state index contributed by atoms with van der Waals surface area (Å²) in [6, 6.07) is 0. The van der Waals surface area contributed by atoms with Crippen LogP contribution < -0.4 is 11.1 Å². The average Bonchev–Trinajstić information content (AvgIpc) is 2.49. The molecule has 0 bridgehead atoms. The van der Waals surface area contributed by atoms with Crippen molar-refractivity contribution in [1.82, 2.24) is 9.97 Å². The summed E-state index contributed by atoms with van der Waals surface area (Å²) >= 11 is 1.58. The standard InChI is InChI=1S/C7H8N4S/c1-9-7-5-4(2-12-7)6(8)11-3-10-5/h2-3,9H,1H3,(H2,8,10,11). The molecule has 0 spiro atoms. The van der Waals surface area contributed by atoms with Crippen molar-refractivity contribution in [2.75, 3.05) is 18.1 Å². The van der Waals surface area contributed by atoms with Crippen molar-refractivity contribution < 1.29 is 0 Å². The maximum Gasteiger partial charge on any atom is 0.135 e. The van der Waals surface area contributed by atoms with Crippen LogP contribution in [-0.4, -0.2) is 17.0 Å². The van der Waals surface area contributed by atoms with Crippen molar-refractivity contribution in [1.29, 1.82) is 0 Å². The molecule has 0 aliphatic heterocycles. The number of rotatable bonds is 1. The Hall–Kier alpha value is -1.36. The quantitative estimate of drug-likeness (QED) is 0.694. The van der Waals surface area contributed by atoms with E-state index >= 15 is 0 Å². The number of nitrogens with two attached hydrogens (primary N) is 1. The van der Waals surface area contributed by atoms with Crippen LogP contribution in [0.4, 0.5) is 10.8 Å². The SMILES string of the molecule is CNc1scc2c(N)ncnc12. The highest BCUT2D eigenvalue weighted by Gasteiger charge is 2.05. The van der Waals surface area contributed by atoms with Gasteiger partial charge < -0.3 is 11.1 Å². The van der Waals surface area contributed by atoms with E-state index in [9.17, 15) is 0 Å². The Morgan fingerprint density at radius 1 is 1.50 bits per heavy atom. The average molecular weight is 180 g/mol. The van der Waals surface area contributed by atoms with E-state index < -0.39 is 0 Å². The second-order valence-electron chi connectivity index (χ2n) is 2.34. The summed E-state index contributed by atoms with van der Waals surface area (Å²) in [5.41, 5.74) is 6.55. The van der Waals surface area contributed by atoms with Gasteiger partial charge in [-0.05, 0) is 0 Å². The molecule has 62 valence electrons. The Labute approximate surface area is 73.4 Å². The minimum absolute atomic E-state index is 0.540. The van der Waals surface area contributed by atoms with Gasteiger partial charge in [0.2, 0.25) is 0 Å². The first-order valence-corrected chi connectivity index (χ1v) is 4.36. The molecule has 0 fully saturated rings. The monoisotopic (exact) mass is 180 g/mol. The number of nitrogen functional groups attached to an aromatic ring is 1. The van der Waals surface area contributed by atoms with Gasteiger partial charge in [-0.2, -0.15) is 0 Å². The molecule has 0 unspecified atom stereocenters. The molecule has 0 radical (unpaired) electrons. The molecule has 4 nitrogen and oxygen atoms in total. The van der Waals surface area contributed by atoms with Crippen LogP contribution in [0, 0.1) is 0 Å². The Kier molecular flexibility index (Phi) is 1.58. The lowest BCUT2D eigenvalue weighted by Crippen LogP contribution is -1.92. The Morgan fingerprint density at radius 2 is 2.33 bits per heavy atom. The maximum atomic E-state index is 5.65. The minimum atomic E-state index is 0.540. The molecule has 5 heteroatoms. The number of hydrogen-bond acceptors (Lipinski definition) is 5. The van der Waals surface area contributed by atoms with E-state index in [4.69, 9.17) is 5.73 Å². The molecular weight excluding hydrogens is 172 g/mol. The van der Waals surface area contributed by atoms with Crippen LogP contribution in [0.15, 0.2) is 11.7 Å². The highest BCUT2D eigenvalue weighted by Crippen LogP contribution is 2.30. The van der Waals surface area contributed by atoms with Gasteiger partial charge in [0.25, 0.3) is 0 Å². The lowest BCUT2D eigenvalue weighted by molar-refractivity contribution is 1.23. The van der Waals surface area contributed by atoms with Gasteiger partial charge in [-0.3, -0.25) is 0 Å². The Morgan fingerprint density at radius 3 is 3.08 bits per heavy atom. The van der Waals surface area contributed by atoms with E-state index in [1.807, 2.05) is 12.4 Å². The molecular formula is C7H8N4S. The Balaban J connectivity index is 2.80. The van der Waals surface area contributed by atoms with E-state index in [1.54, 1.807) is 11.3 Å². The zero-order valence-electron chi connectivity index (χ0n) is 6.53. The molecule has 2 heterocycles. The van der Waals surface area contributed by atoms with Crippen LogP contribution in [0.1, 0.15) is 0 Å². The minimum Gasteiger partial charge on any atom is -0.383 e. The van der Waals surface area contributed by atoms with Gasteiger partial charge in [0.1, 0.15) is 22.7 Å². The predicted octanol–water partition coefficient (Wildman–Crippen LogP) is 1.32. The van der Waals surface area contributed by atoms with Gasteiger partial charge >= 0.3 is 0 Å².